The zero-order valence-corrected chi connectivity index (χ0v) is 17.3. The van der Waals surface area contributed by atoms with Crippen molar-refractivity contribution in [3.05, 3.63) is 88.7 Å². The molecule has 29 heavy (non-hydrogen) atoms. The third-order valence-electron chi connectivity index (χ3n) is 5.60. The Morgan fingerprint density at radius 2 is 1.79 bits per heavy atom. The van der Waals surface area contributed by atoms with Crippen LogP contribution < -0.4 is 4.74 Å². The molecule has 0 spiro atoms. The molecule has 2 aromatic carbocycles. The highest BCUT2D eigenvalue weighted by Crippen LogP contribution is 2.55. The quantitative estimate of drug-likeness (QED) is 0.531. The van der Waals surface area contributed by atoms with Crippen molar-refractivity contribution in [2.24, 2.45) is 11.3 Å². The van der Waals surface area contributed by atoms with Gasteiger partial charge in [-0.05, 0) is 35.7 Å². The fraction of sp³-hybridized carbons (Fsp3) is 0.292. The summed E-state index contributed by atoms with van der Waals surface area (Å²) < 4.78 is 11.6. The fourth-order valence-corrected chi connectivity index (χ4v) is 3.88. The predicted molar refractivity (Wildman–Crippen MR) is 113 cm³/mol. The first-order valence-electron chi connectivity index (χ1n) is 9.73. The molecule has 0 amide bonds. The largest absolute Gasteiger partial charge is 0.487 e. The second kappa shape index (κ2) is 7.96. The molecule has 2 unspecified atom stereocenters. The first-order chi connectivity index (χ1) is 14.0. The number of aromatic amines is 1. The molecule has 4 nitrogen and oxygen atoms in total. The summed E-state index contributed by atoms with van der Waals surface area (Å²) in [4.78, 5) is 15.9. The van der Waals surface area contributed by atoms with E-state index in [-0.39, 0.29) is 30.0 Å². The Balaban J connectivity index is 1.37. The van der Waals surface area contributed by atoms with E-state index in [1.807, 2.05) is 62.5 Å². The maximum Gasteiger partial charge on any atom is 0.313 e. The number of rotatable bonds is 7. The van der Waals surface area contributed by atoms with Crippen molar-refractivity contribution >= 4 is 17.6 Å². The van der Waals surface area contributed by atoms with Crippen molar-refractivity contribution < 1.29 is 14.3 Å². The summed E-state index contributed by atoms with van der Waals surface area (Å²) in [6.45, 7) is 4.24. The van der Waals surface area contributed by atoms with E-state index in [9.17, 15) is 4.79 Å². The molecule has 5 heteroatoms. The van der Waals surface area contributed by atoms with E-state index in [0.29, 0.717) is 10.8 Å². The van der Waals surface area contributed by atoms with Crippen molar-refractivity contribution in [1.82, 2.24) is 4.98 Å². The van der Waals surface area contributed by atoms with E-state index < -0.39 is 0 Å². The normalized spacial score (nSPS) is 19.6. The standard InChI is InChI=1S/C24H24ClNO3/c1-24(2)21(22(24)29-20-11-7-6-10-18(20)25)23(27)28-15-19-17(12-13-26-19)14-16-8-4-3-5-9-16/h3-13,21-22,26H,14-15H2,1-2H3. The minimum atomic E-state index is -0.314. The Morgan fingerprint density at radius 3 is 2.55 bits per heavy atom. The summed E-state index contributed by atoms with van der Waals surface area (Å²) >= 11 is 6.18. The van der Waals surface area contributed by atoms with Gasteiger partial charge in [-0.25, -0.2) is 0 Å². The SMILES string of the molecule is CC1(C)C(Oc2ccccc2Cl)C1C(=O)OCc1[nH]ccc1Cc1ccccc1. The molecule has 1 saturated carbocycles. The minimum absolute atomic E-state index is 0.222. The van der Waals surface area contributed by atoms with Crippen molar-refractivity contribution in [3.8, 4) is 5.75 Å². The van der Waals surface area contributed by atoms with Crippen LogP contribution >= 0.6 is 11.6 Å². The van der Waals surface area contributed by atoms with E-state index in [4.69, 9.17) is 21.1 Å². The van der Waals surface area contributed by atoms with Crippen molar-refractivity contribution in [2.45, 2.75) is 33.0 Å². The highest BCUT2D eigenvalue weighted by molar-refractivity contribution is 6.32. The maximum atomic E-state index is 12.7. The summed E-state index contributed by atoms with van der Waals surface area (Å²) in [6.07, 6.45) is 2.43. The number of halogens is 1. The lowest BCUT2D eigenvalue weighted by Crippen LogP contribution is -2.13. The van der Waals surface area contributed by atoms with Gasteiger partial charge in [0.1, 0.15) is 24.4 Å². The summed E-state index contributed by atoms with van der Waals surface area (Å²) in [5.41, 5.74) is 2.97. The number of benzene rings is 2. The number of carbonyl (C=O) groups is 1. The van der Waals surface area contributed by atoms with Crippen molar-refractivity contribution in [3.63, 3.8) is 0 Å². The van der Waals surface area contributed by atoms with Gasteiger partial charge in [0.25, 0.3) is 0 Å². The van der Waals surface area contributed by atoms with Crippen LogP contribution in [0, 0.1) is 11.3 Å². The number of aromatic nitrogens is 1. The lowest BCUT2D eigenvalue weighted by Gasteiger charge is -2.09. The lowest BCUT2D eigenvalue weighted by molar-refractivity contribution is -0.148. The van der Waals surface area contributed by atoms with Crippen LogP contribution in [0.15, 0.2) is 66.9 Å². The molecule has 0 bridgehead atoms. The van der Waals surface area contributed by atoms with Crippen LogP contribution in [0.5, 0.6) is 5.75 Å². The molecule has 4 rings (SSSR count). The van der Waals surface area contributed by atoms with Crippen LogP contribution in [0.3, 0.4) is 0 Å². The molecule has 2 atom stereocenters. The highest BCUT2D eigenvalue weighted by Gasteiger charge is 2.65. The summed E-state index contributed by atoms with van der Waals surface area (Å²) in [6, 6.07) is 19.6. The van der Waals surface area contributed by atoms with Crippen molar-refractivity contribution in [1.29, 1.82) is 0 Å². The predicted octanol–water partition coefficient (Wildman–Crippen LogP) is 5.41. The molecule has 150 valence electrons. The van der Waals surface area contributed by atoms with E-state index in [1.165, 1.54) is 5.56 Å². The number of hydrogen-bond donors (Lipinski definition) is 1. The Labute approximate surface area is 175 Å². The van der Waals surface area contributed by atoms with Crippen molar-refractivity contribution in [2.75, 3.05) is 0 Å². The van der Waals surface area contributed by atoms with Gasteiger partial charge < -0.3 is 14.5 Å². The second-order valence-corrected chi connectivity index (χ2v) is 8.43. The van der Waals surface area contributed by atoms with Crippen LogP contribution in [0.1, 0.15) is 30.7 Å². The molecule has 1 fully saturated rings. The topological polar surface area (TPSA) is 51.3 Å². The highest BCUT2D eigenvalue weighted by atomic mass is 35.5. The molecule has 0 saturated heterocycles. The van der Waals surface area contributed by atoms with Crippen LogP contribution in [-0.4, -0.2) is 17.1 Å². The number of ether oxygens (including phenoxy) is 2. The third kappa shape index (κ3) is 4.18. The Hall–Kier alpha value is -2.72. The van der Waals surface area contributed by atoms with Gasteiger partial charge in [-0.3, -0.25) is 4.79 Å². The average Bonchev–Trinajstić information content (AvgIpc) is 3.01. The number of H-pyrrole nitrogens is 1. The minimum Gasteiger partial charge on any atom is -0.487 e. The van der Waals surface area contributed by atoms with Crippen LogP contribution in [-0.2, 0) is 22.6 Å². The van der Waals surface area contributed by atoms with Gasteiger partial charge in [-0.1, -0.05) is 67.9 Å². The molecule has 1 aliphatic carbocycles. The van der Waals surface area contributed by atoms with Gasteiger partial charge in [0.15, 0.2) is 0 Å². The molecular formula is C24H24ClNO3. The zero-order valence-electron chi connectivity index (χ0n) is 16.5. The summed E-state index contributed by atoms with van der Waals surface area (Å²) in [5, 5.41) is 0.541. The molecule has 1 aliphatic rings. The number of carbonyl (C=O) groups excluding carboxylic acids is 1. The van der Waals surface area contributed by atoms with E-state index in [0.717, 1.165) is 17.7 Å². The van der Waals surface area contributed by atoms with E-state index >= 15 is 0 Å². The smallest absolute Gasteiger partial charge is 0.313 e. The maximum absolute atomic E-state index is 12.7. The van der Waals surface area contributed by atoms with Crippen LogP contribution in [0.4, 0.5) is 0 Å². The number of esters is 1. The average molecular weight is 410 g/mol. The first kappa shape index (κ1) is 19.6. The molecule has 1 aromatic heterocycles. The fourth-order valence-electron chi connectivity index (χ4n) is 3.70. The van der Waals surface area contributed by atoms with Gasteiger partial charge in [-0.15, -0.1) is 0 Å². The van der Waals surface area contributed by atoms with E-state index in [2.05, 4.69) is 17.1 Å². The summed E-state index contributed by atoms with van der Waals surface area (Å²) in [7, 11) is 0. The molecule has 1 N–H and O–H groups in total. The van der Waals surface area contributed by atoms with Crippen LogP contribution in [0.25, 0.3) is 0 Å². The molecule has 1 heterocycles. The number of para-hydroxylation sites is 1. The van der Waals surface area contributed by atoms with Crippen LogP contribution in [0.2, 0.25) is 5.02 Å². The first-order valence-corrected chi connectivity index (χ1v) is 10.1. The van der Waals surface area contributed by atoms with E-state index in [1.54, 1.807) is 6.07 Å². The van der Waals surface area contributed by atoms with Gasteiger partial charge in [0.2, 0.25) is 0 Å². The number of hydrogen-bond acceptors (Lipinski definition) is 3. The molecule has 0 aliphatic heterocycles. The Kier molecular flexibility index (Phi) is 5.37. The Bertz CT molecular complexity index is 996. The monoisotopic (exact) mass is 409 g/mol. The molecule has 3 aromatic rings. The summed E-state index contributed by atoms with van der Waals surface area (Å²) in [5.74, 6) is 0.0377. The van der Waals surface area contributed by atoms with Gasteiger partial charge in [0.05, 0.1) is 10.7 Å². The number of nitrogens with one attached hydrogen (secondary N) is 1. The molecule has 0 radical (unpaired) electrons. The zero-order chi connectivity index (χ0) is 20.4. The third-order valence-corrected chi connectivity index (χ3v) is 5.91. The second-order valence-electron chi connectivity index (χ2n) is 8.02. The van der Waals surface area contributed by atoms with Gasteiger partial charge in [0, 0.05) is 11.6 Å². The lowest BCUT2D eigenvalue weighted by atomic mass is 10.1. The van der Waals surface area contributed by atoms with Gasteiger partial charge in [-0.2, -0.15) is 0 Å². The van der Waals surface area contributed by atoms with Gasteiger partial charge >= 0.3 is 5.97 Å². The molecular weight excluding hydrogens is 386 g/mol. The Morgan fingerprint density at radius 1 is 1.07 bits per heavy atom.